The SMILES string of the molecule is [CH]1CCN(c2ncns2)CC1. The zero-order chi connectivity index (χ0) is 7.52. The Kier molecular flexibility index (Phi) is 2.03. The lowest BCUT2D eigenvalue weighted by Gasteiger charge is -2.25. The van der Waals surface area contributed by atoms with Crippen LogP contribution in [0.3, 0.4) is 0 Å². The maximum Gasteiger partial charge on any atom is 0.204 e. The van der Waals surface area contributed by atoms with Crippen LogP contribution in [0.4, 0.5) is 5.13 Å². The normalized spacial score (nSPS) is 18.7. The summed E-state index contributed by atoms with van der Waals surface area (Å²) >= 11 is 1.48. The summed E-state index contributed by atoms with van der Waals surface area (Å²) in [4.78, 5) is 6.45. The molecule has 1 aromatic heterocycles. The molecule has 2 rings (SSSR count). The van der Waals surface area contributed by atoms with Gasteiger partial charge in [-0.2, -0.15) is 4.37 Å². The first-order chi connectivity index (χ1) is 5.47. The lowest BCUT2D eigenvalue weighted by atomic mass is 10.1. The van der Waals surface area contributed by atoms with Crippen LogP contribution in [0.1, 0.15) is 12.8 Å². The smallest absolute Gasteiger partial charge is 0.204 e. The predicted octanol–water partition coefficient (Wildman–Crippen LogP) is 1.34. The van der Waals surface area contributed by atoms with E-state index in [2.05, 4.69) is 20.7 Å². The molecule has 1 fully saturated rings. The lowest BCUT2D eigenvalue weighted by molar-refractivity contribution is 0.677. The quantitative estimate of drug-likeness (QED) is 0.633. The van der Waals surface area contributed by atoms with Gasteiger partial charge in [0.05, 0.1) is 0 Å². The number of hydrogen-bond acceptors (Lipinski definition) is 4. The molecule has 0 N–H and O–H groups in total. The predicted molar refractivity (Wildman–Crippen MR) is 45.7 cm³/mol. The highest BCUT2D eigenvalue weighted by Gasteiger charge is 2.12. The molecule has 1 aliphatic rings. The Morgan fingerprint density at radius 1 is 1.36 bits per heavy atom. The minimum Gasteiger partial charge on any atom is -0.347 e. The Morgan fingerprint density at radius 3 is 2.82 bits per heavy atom. The third-order valence-electron chi connectivity index (χ3n) is 1.83. The topological polar surface area (TPSA) is 29.0 Å². The summed E-state index contributed by atoms with van der Waals surface area (Å²) in [6.45, 7) is 2.21. The fourth-order valence-electron chi connectivity index (χ4n) is 1.25. The second-order valence-electron chi connectivity index (χ2n) is 2.58. The van der Waals surface area contributed by atoms with Gasteiger partial charge in [-0.05, 0) is 19.3 Å². The van der Waals surface area contributed by atoms with Crippen molar-refractivity contribution < 1.29 is 0 Å². The summed E-state index contributed by atoms with van der Waals surface area (Å²) in [5.41, 5.74) is 0. The van der Waals surface area contributed by atoms with Gasteiger partial charge >= 0.3 is 0 Å². The van der Waals surface area contributed by atoms with Crippen LogP contribution in [0, 0.1) is 6.42 Å². The molecule has 0 unspecified atom stereocenters. The Hall–Kier alpha value is -0.640. The molecule has 1 radical (unpaired) electrons. The van der Waals surface area contributed by atoms with E-state index in [0.29, 0.717) is 0 Å². The van der Waals surface area contributed by atoms with Gasteiger partial charge in [0.25, 0.3) is 0 Å². The van der Waals surface area contributed by atoms with Crippen LogP contribution in [0.5, 0.6) is 0 Å². The maximum absolute atomic E-state index is 4.16. The van der Waals surface area contributed by atoms with Gasteiger partial charge in [-0.25, -0.2) is 4.98 Å². The van der Waals surface area contributed by atoms with Crippen molar-refractivity contribution in [3.8, 4) is 0 Å². The third kappa shape index (κ3) is 1.50. The molecular weight excluding hydrogens is 158 g/mol. The molecule has 0 bridgehead atoms. The first kappa shape index (κ1) is 7.03. The first-order valence-corrected chi connectivity index (χ1v) is 4.57. The number of aromatic nitrogens is 2. The van der Waals surface area contributed by atoms with E-state index in [0.717, 1.165) is 18.2 Å². The summed E-state index contributed by atoms with van der Waals surface area (Å²) in [6.07, 6.45) is 6.31. The summed E-state index contributed by atoms with van der Waals surface area (Å²) in [5.74, 6) is 0. The third-order valence-corrected chi connectivity index (χ3v) is 2.55. The van der Waals surface area contributed by atoms with E-state index in [9.17, 15) is 0 Å². The maximum atomic E-state index is 4.16. The van der Waals surface area contributed by atoms with E-state index < -0.39 is 0 Å². The van der Waals surface area contributed by atoms with Gasteiger partial charge in [-0.3, -0.25) is 0 Å². The second-order valence-corrected chi connectivity index (χ2v) is 3.34. The zero-order valence-corrected chi connectivity index (χ0v) is 7.05. The van der Waals surface area contributed by atoms with Crippen molar-refractivity contribution in [2.24, 2.45) is 0 Å². The molecule has 0 atom stereocenters. The molecule has 0 amide bonds. The van der Waals surface area contributed by atoms with Crippen LogP contribution < -0.4 is 4.90 Å². The van der Waals surface area contributed by atoms with E-state index >= 15 is 0 Å². The van der Waals surface area contributed by atoms with Gasteiger partial charge in [-0.15, -0.1) is 0 Å². The van der Waals surface area contributed by atoms with E-state index in [1.165, 1.54) is 24.4 Å². The van der Waals surface area contributed by atoms with E-state index in [-0.39, 0.29) is 0 Å². The van der Waals surface area contributed by atoms with Gasteiger partial charge in [0.15, 0.2) is 0 Å². The molecular formula is C7H10N3S. The average molecular weight is 168 g/mol. The van der Waals surface area contributed by atoms with Gasteiger partial charge in [0, 0.05) is 24.6 Å². The van der Waals surface area contributed by atoms with Crippen LogP contribution in [-0.4, -0.2) is 22.4 Å². The number of hydrogen-bond donors (Lipinski definition) is 0. The van der Waals surface area contributed by atoms with Gasteiger partial charge in [-0.1, -0.05) is 0 Å². The van der Waals surface area contributed by atoms with Crippen molar-refractivity contribution in [2.75, 3.05) is 18.0 Å². The second kappa shape index (κ2) is 3.17. The molecule has 1 aromatic rings. The molecule has 0 aliphatic carbocycles. The van der Waals surface area contributed by atoms with Gasteiger partial charge in [0.2, 0.25) is 5.13 Å². The molecule has 1 aliphatic heterocycles. The van der Waals surface area contributed by atoms with Gasteiger partial charge in [0.1, 0.15) is 6.33 Å². The van der Waals surface area contributed by atoms with Crippen LogP contribution in [0.15, 0.2) is 6.33 Å². The minimum atomic E-state index is 1.07. The Bertz CT molecular complexity index is 203. The highest BCUT2D eigenvalue weighted by atomic mass is 32.1. The monoisotopic (exact) mass is 168 g/mol. The van der Waals surface area contributed by atoms with E-state index in [1.54, 1.807) is 6.33 Å². The molecule has 1 saturated heterocycles. The highest BCUT2D eigenvalue weighted by Crippen LogP contribution is 2.18. The fraction of sp³-hybridized carbons (Fsp3) is 0.571. The van der Waals surface area contributed by atoms with Crippen molar-refractivity contribution in [2.45, 2.75) is 12.8 Å². The summed E-state index contributed by atoms with van der Waals surface area (Å²) in [6, 6.07) is 0. The molecule has 0 spiro atoms. The Morgan fingerprint density at radius 2 is 2.18 bits per heavy atom. The number of anilines is 1. The molecule has 4 heteroatoms. The van der Waals surface area contributed by atoms with Crippen molar-refractivity contribution in [1.29, 1.82) is 0 Å². The first-order valence-electron chi connectivity index (χ1n) is 3.80. The van der Waals surface area contributed by atoms with E-state index in [4.69, 9.17) is 0 Å². The zero-order valence-electron chi connectivity index (χ0n) is 6.23. The summed E-state index contributed by atoms with van der Waals surface area (Å²) in [5, 5.41) is 1.07. The van der Waals surface area contributed by atoms with Crippen molar-refractivity contribution in [3.05, 3.63) is 12.7 Å². The largest absolute Gasteiger partial charge is 0.347 e. The van der Waals surface area contributed by atoms with Crippen LogP contribution in [0.2, 0.25) is 0 Å². The Labute approximate surface area is 70.2 Å². The number of rotatable bonds is 1. The van der Waals surface area contributed by atoms with Crippen LogP contribution in [0.25, 0.3) is 0 Å². The molecule has 0 aromatic carbocycles. The van der Waals surface area contributed by atoms with Gasteiger partial charge < -0.3 is 4.90 Å². The van der Waals surface area contributed by atoms with Crippen molar-refractivity contribution in [1.82, 2.24) is 9.36 Å². The van der Waals surface area contributed by atoms with Crippen molar-refractivity contribution >= 4 is 16.7 Å². The number of nitrogens with zero attached hydrogens (tertiary/aromatic N) is 3. The van der Waals surface area contributed by atoms with Crippen LogP contribution >= 0.6 is 11.5 Å². The van der Waals surface area contributed by atoms with E-state index in [1.807, 2.05) is 0 Å². The molecule has 11 heavy (non-hydrogen) atoms. The molecule has 0 saturated carbocycles. The minimum absolute atomic E-state index is 1.07. The number of piperidine rings is 1. The molecule has 59 valence electrons. The molecule has 2 heterocycles. The summed E-state index contributed by atoms with van der Waals surface area (Å²) < 4.78 is 3.98. The lowest BCUT2D eigenvalue weighted by Crippen LogP contribution is -2.29. The van der Waals surface area contributed by atoms with Crippen molar-refractivity contribution in [3.63, 3.8) is 0 Å². The average Bonchev–Trinajstić information content (AvgIpc) is 2.58. The molecule has 3 nitrogen and oxygen atoms in total. The Balaban J connectivity index is 2.04. The summed E-state index contributed by atoms with van der Waals surface area (Å²) in [7, 11) is 0. The fourth-order valence-corrected chi connectivity index (χ4v) is 1.83. The standard InChI is InChI=1S/C7H10N3S/c1-2-4-10(5-3-1)7-8-6-9-11-7/h1,6H,2-5H2. The van der Waals surface area contributed by atoms with Crippen LogP contribution in [-0.2, 0) is 0 Å². The highest BCUT2D eigenvalue weighted by molar-refractivity contribution is 7.09.